The number of nitrogens with zero attached hydrogens (tertiary/aromatic N) is 1. The lowest BCUT2D eigenvalue weighted by Gasteiger charge is -2.10. The molecule has 2 heterocycles. The first-order valence-corrected chi connectivity index (χ1v) is 12.8. The number of rotatable bonds is 9. The van der Waals surface area contributed by atoms with E-state index in [0.717, 1.165) is 25.9 Å². The van der Waals surface area contributed by atoms with Crippen molar-refractivity contribution in [1.29, 1.82) is 0 Å². The predicted molar refractivity (Wildman–Crippen MR) is 135 cm³/mol. The Morgan fingerprint density at radius 3 is 2.88 bits per heavy atom. The number of thiocarbonyl (C=S) groups is 1. The minimum Gasteiger partial charge on any atom is -0.473 e. The molecule has 0 aliphatic carbocycles. The lowest BCUT2D eigenvalue weighted by atomic mass is 10.0. The molecule has 174 valence electrons. The average Bonchev–Trinajstić information content (AvgIpc) is 3.51. The van der Waals surface area contributed by atoms with Gasteiger partial charge in [-0.2, -0.15) is 0 Å². The molecule has 1 aliphatic heterocycles. The Bertz CT molecular complexity index is 1110. The van der Waals surface area contributed by atoms with Gasteiger partial charge in [-0.1, -0.05) is 59.4 Å². The Morgan fingerprint density at radius 2 is 2.09 bits per heavy atom. The molecule has 3 aromatic rings. The van der Waals surface area contributed by atoms with Gasteiger partial charge in [-0.05, 0) is 54.1 Å². The highest BCUT2D eigenvalue weighted by Gasteiger charge is 2.24. The monoisotopic (exact) mass is 484 g/mol. The van der Waals surface area contributed by atoms with Gasteiger partial charge in [-0.25, -0.2) is 0 Å². The maximum atomic E-state index is 12.8. The van der Waals surface area contributed by atoms with Crippen LogP contribution in [0.3, 0.4) is 0 Å². The van der Waals surface area contributed by atoms with Crippen molar-refractivity contribution in [3.8, 4) is 0 Å². The fraction of sp³-hybridized carbons (Fsp3) is 0.400. The Labute approximate surface area is 203 Å². The number of aryl methyl sites for hydroxylation is 2. The number of amides is 1. The third-order valence-electron chi connectivity index (χ3n) is 5.84. The van der Waals surface area contributed by atoms with Gasteiger partial charge in [0, 0.05) is 25.5 Å². The molecule has 0 radical (unpaired) electrons. The maximum absolute atomic E-state index is 12.8. The molecule has 0 spiro atoms. The van der Waals surface area contributed by atoms with Crippen LogP contribution in [0.15, 0.2) is 47.0 Å². The molecule has 6 nitrogen and oxygen atoms in total. The van der Waals surface area contributed by atoms with Gasteiger partial charge in [0.1, 0.15) is 12.4 Å². The molecule has 1 aromatic heterocycles. The lowest BCUT2D eigenvalue weighted by Crippen LogP contribution is -2.30. The van der Waals surface area contributed by atoms with Crippen LogP contribution in [0.2, 0.25) is 0 Å². The molecule has 1 N–H and O–H groups in total. The molecule has 33 heavy (non-hydrogen) atoms. The molecule has 8 heteroatoms. The van der Waals surface area contributed by atoms with Crippen LogP contribution >= 0.6 is 24.0 Å². The first-order chi connectivity index (χ1) is 16.1. The Morgan fingerprint density at radius 1 is 1.24 bits per heavy atom. The van der Waals surface area contributed by atoms with E-state index >= 15 is 0 Å². The number of hydrogen-bond donors (Lipinski definition) is 1. The fourth-order valence-corrected chi connectivity index (χ4v) is 4.21. The van der Waals surface area contributed by atoms with Crippen LogP contribution < -0.4 is 5.32 Å². The van der Waals surface area contributed by atoms with Crippen LogP contribution in [0.1, 0.15) is 40.2 Å². The lowest BCUT2D eigenvalue weighted by molar-refractivity contribution is 0.0933. The van der Waals surface area contributed by atoms with Crippen LogP contribution in [-0.2, 0) is 28.9 Å². The van der Waals surface area contributed by atoms with Crippen LogP contribution in [-0.4, -0.2) is 41.5 Å². The highest BCUT2D eigenvalue weighted by molar-refractivity contribution is 8.22. The minimum absolute atomic E-state index is 0.170. The number of thioether (sulfide) groups is 1. The summed E-state index contributed by atoms with van der Waals surface area (Å²) in [7, 11) is 0. The number of nitrogens with one attached hydrogen (secondary N) is 1. The van der Waals surface area contributed by atoms with E-state index in [4.69, 9.17) is 26.2 Å². The first-order valence-electron chi connectivity index (χ1n) is 11.2. The van der Waals surface area contributed by atoms with Crippen molar-refractivity contribution < 1.29 is 18.8 Å². The number of aromatic nitrogens is 1. The average molecular weight is 485 g/mol. The summed E-state index contributed by atoms with van der Waals surface area (Å²) >= 11 is 6.52. The SMILES string of the molecule is CSC(=S)OCc1c(C(=O)NCC2CCOC2)noc1CCCc1ccc2ccccc2c1. The second-order valence-electron chi connectivity index (χ2n) is 8.15. The summed E-state index contributed by atoms with van der Waals surface area (Å²) in [6.45, 7) is 2.16. The van der Waals surface area contributed by atoms with Crippen molar-refractivity contribution in [2.75, 3.05) is 26.0 Å². The van der Waals surface area contributed by atoms with Crippen molar-refractivity contribution >= 4 is 45.0 Å². The summed E-state index contributed by atoms with van der Waals surface area (Å²) in [6.07, 6.45) is 5.25. The summed E-state index contributed by atoms with van der Waals surface area (Å²) in [6, 6.07) is 14.9. The van der Waals surface area contributed by atoms with Gasteiger partial charge in [0.05, 0.1) is 12.2 Å². The van der Waals surface area contributed by atoms with Crippen LogP contribution in [0.4, 0.5) is 0 Å². The fourth-order valence-electron chi connectivity index (χ4n) is 3.97. The third kappa shape index (κ3) is 6.34. The van der Waals surface area contributed by atoms with Crippen molar-refractivity contribution in [2.24, 2.45) is 5.92 Å². The summed E-state index contributed by atoms with van der Waals surface area (Å²) in [5, 5.41) is 9.52. The Hall–Kier alpha value is -2.42. The zero-order valence-electron chi connectivity index (χ0n) is 18.7. The van der Waals surface area contributed by atoms with Crippen molar-refractivity contribution in [3.05, 3.63) is 65.0 Å². The van der Waals surface area contributed by atoms with Crippen molar-refractivity contribution in [3.63, 3.8) is 0 Å². The van der Waals surface area contributed by atoms with E-state index < -0.39 is 0 Å². The van der Waals surface area contributed by atoms with E-state index in [9.17, 15) is 4.79 Å². The smallest absolute Gasteiger partial charge is 0.273 e. The first kappa shape index (κ1) is 23.7. The zero-order valence-corrected chi connectivity index (χ0v) is 20.3. The summed E-state index contributed by atoms with van der Waals surface area (Å²) in [4.78, 5) is 12.8. The van der Waals surface area contributed by atoms with E-state index in [-0.39, 0.29) is 18.2 Å². The molecule has 0 bridgehead atoms. The van der Waals surface area contributed by atoms with Gasteiger partial charge in [-0.15, -0.1) is 0 Å². The molecule has 4 rings (SSSR count). The summed E-state index contributed by atoms with van der Waals surface area (Å²) < 4.78 is 17.1. The third-order valence-corrected chi connectivity index (χ3v) is 6.91. The largest absolute Gasteiger partial charge is 0.473 e. The molecule has 2 aromatic carbocycles. The number of ether oxygens (including phenoxy) is 2. The molecular formula is C25H28N2O4S2. The summed E-state index contributed by atoms with van der Waals surface area (Å²) in [5.41, 5.74) is 2.22. The maximum Gasteiger partial charge on any atom is 0.273 e. The van der Waals surface area contributed by atoms with Crippen LogP contribution in [0.5, 0.6) is 0 Å². The van der Waals surface area contributed by atoms with Crippen molar-refractivity contribution in [1.82, 2.24) is 10.5 Å². The predicted octanol–water partition coefficient (Wildman–Crippen LogP) is 4.93. The van der Waals surface area contributed by atoms with Gasteiger partial charge in [0.25, 0.3) is 5.91 Å². The van der Waals surface area contributed by atoms with E-state index in [1.165, 1.54) is 28.1 Å². The standard InChI is InChI=1S/C25H28N2O4S2/c1-33-25(32)30-16-21-22(31-27-23(21)24(28)26-14-18-11-12-29-15-18)8-4-5-17-9-10-19-6-2-3-7-20(19)13-17/h2-3,6-7,9-10,13,18H,4-5,8,11-12,14-16H2,1H3,(H,26,28). The van der Waals surface area contributed by atoms with Gasteiger partial charge < -0.3 is 19.3 Å². The quantitative estimate of drug-likeness (QED) is 0.432. The van der Waals surface area contributed by atoms with Crippen LogP contribution in [0.25, 0.3) is 10.8 Å². The molecule has 1 aliphatic rings. The highest BCUT2D eigenvalue weighted by Crippen LogP contribution is 2.22. The van der Waals surface area contributed by atoms with E-state index in [0.29, 0.717) is 41.2 Å². The molecule has 1 fully saturated rings. The van der Waals surface area contributed by atoms with Gasteiger partial charge in [-0.3, -0.25) is 4.79 Å². The summed E-state index contributed by atoms with van der Waals surface area (Å²) in [5.74, 6) is 0.764. The topological polar surface area (TPSA) is 73.6 Å². The molecule has 1 atom stereocenters. The van der Waals surface area contributed by atoms with Crippen LogP contribution in [0, 0.1) is 5.92 Å². The van der Waals surface area contributed by atoms with Gasteiger partial charge in [0.15, 0.2) is 5.69 Å². The van der Waals surface area contributed by atoms with Gasteiger partial charge in [0.2, 0.25) is 4.38 Å². The second kappa shape index (κ2) is 11.6. The number of carbonyl (C=O) groups is 1. The molecule has 1 saturated heterocycles. The van der Waals surface area contributed by atoms with E-state index in [1.807, 2.05) is 12.3 Å². The number of fused-ring (bicyclic) bond motifs is 1. The van der Waals surface area contributed by atoms with Gasteiger partial charge >= 0.3 is 0 Å². The highest BCUT2D eigenvalue weighted by atomic mass is 32.2. The van der Waals surface area contributed by atoms with E-state index in [2.05, 4.69) is 46.9 Å². The van der Waals surface area contributed by atoms with Crippen molar-refractivity contribution in [2.45, 2.75) is 32.3 Å². The molecular weight excluding hydrogens is 456 g/mol. The minimum atomic E-state index is -0.250. The van der Waals surface area contributed by atoms with E-state index in [1.54, 1.807) is 0 Å². The Balaban J connectivity index is 1.41. The Kier molecular flexibility index (Phi) is 8.36. The number of benzene rings is 2. The normalized spacial score (nSPS) is 15.6. The number of carbonyl (C=O) groups excluding carboxylic acids is 1. The molecule has 1 amide bonds. The second-order valence-corrected chi connectivity index (χ2v) is 9.56. The zero-order chi connectivity index (χ0) is 23.0. The molecule has 0 saturated carbocycles. The number of hydrogen-bond acceptors (Lipinski definition) is 7. The molecule has 1 unspecified atom stereocenters.